The van der Waals surface area contributed by atoms with Crippen LogP contribution in [0.5, 0.6) is 0 Å². The van der Waals surface area contributed by atoms with Crippen LogP contribution in [0, 0.1) is 12.8 Å². The number of nitrogens with one attached hydrogen (secondary N) is 2. The molecule has 3 heterocycles. The maximum absolute atomic E-state index is 4.97. The normalized spacial score (nSPS) is 17.7. The Bertz CT molecular complexity index is 985. The van der Waals surface area contributed by atoms with Crippen molar-refractivity contribution in [3.8, 4) is 24.2 Å². The molecule has 5 nitrogen and oxygen atoms in total. The van der Waals surface area contributed by atoms with Crippen LogP contribution in [0.2, 0.25) is 0 Å². The lowest BCUT2D eigenvalue weighted by atomic mass is 9.95. The van der Waals surface area contributed by atoms with E-state index < -0.39 is 0 Å². The van der Waals surface area contributed by atoms with E-state index >= 15 is 0 Å². The Morgan fingerprint density at radius 2 is 1.77 bits per heavy atom. The summed E-state index contributed by atoms with van der Waals surface area (Å²) in [6, 6.07) is 13.1. The van der Waals surface area contributed by atoms with Crippen LogP contribution >= 0.6 is 11.8 Å². The molecule has 1 saturated carbocycles. The van der Waals surface area contributed by atoms with Crippen LogP contribution in [-0.4, -0.2) is 50.5 Å². The Hall–Kier alpha value is -2.49. The first-order valence-electron chi connectivity index (χ1n) is 11.2. The quantitative estimate of drug-likeness (QED) is 0.544. The van der Waals surface area contributed by atoms with E-state index in [-0.39, 0.29) is 0 Å². The van der Waals surface area contributed by atoms with E-state index in [9.17, 15) is 0 Å². The lowest BCUT2D eigenvalue weighted by Crippen LogP contribution is -2.32. The maximum atomic E-state index is 4.97. The Kier molecular flexibility index (Phi) is 7.50. The van der Waals surface area contributed by atoms with Gasteiger partial charge in [0.25, 0.3) is 0 Å². The first-order chi connectivity index (χ1) is 15.3. The van der Waals surface area contributed by atoms with Gasteiger partial charge in [-0.2, -0.15) is 11.8 Å². The summed E-state index contributed by atoms with van der Waals surface area (Å²) in [5.41, 5.74) is 3.24. The fraction of sp³-hybridized carbons (Fsp3) is 0.440. The average Bonchev–Trinajstić information content (AvgIpc) is 3.25. The summed E-state index contributed by atoms with van der Waals surface area (Å²) in [6.45, 7) is 3.28. The molecule has 1 saturated heterocycles. The predicted molar refractivity (Wildman–Crippen MR) is 132 cm³/mol. The number of hydrogen-bond donors (Lipinski definition) is 2. The molecule has 162 valence electrons. The number of H-pyrrole nitrogens is 1. The molecule has 2 aromatic heterocycles. The molecule has 0 bridgehead atoms. The second-order valence-corrected chi connectivity index (χ2v) is 9.41. The van der Waals surface area contributed by atoms with Crippen molar-refractivity contribution in [2.24, 2.45) is 0 Å². The fourth-order valence-electron chi connectivity index (χ4n) is 4.42. The number of fused-ring (bicyclic) bond motifs is 1. The summed E-state index contributed by atoms with van der Waals surface area (Å²) in [7, 11) is 0. The SMILES string of the molecule is C#C.c1ccc(-c2nc(NC3CCCCC3)c3cc(CN4CCSCC4)[nH]c3n2)cc1. The minimum atomic E-state index is 0.517. The van der Waals surface area contributed by atoms with Gasteiger partial charge in [0, 0.05) is 48.4 Å². The lowest BCUT2D eigenvalue weighted by Gasteiger charge is -2.25. The molecule has 0 unspecified atom stereocenters. The summed E-state index contributed by atoms with van der Waals surface area (Å²) >= 11 is 2.05. The van der Waals surface area contributed by atoms with E-state index in [1.807, 2.05) is 18.2 Å². The van der Waals surface area contributed by atoms with Gasteiger partial charge in [-0.05, 0) is 18.9 Å². The molecule has 2 N–H and O–H groups in total. The van der Waals surface area contributed by atoms with Crippen molar-refractivity contribution in [2.75, 3.05) is 29.9 Å². The Balaban J connectivity index is 0.00000112. The minimum absolute atomic E-state index is 0.517. The van der Waals surface area contributed by atoms with Crippen molar-refractivity contribution in [2.45, 2.75) is 44.7 Å². The number of nitrogens with zero attached hydrogens (tertiary/aromatic N) is 3. The zero-order valence-electron chi connectivity index (χ0n) is 18.0. The second kappa shape index (κ2) is 10.7. The number of rotatable bonds is 5. The van der Waals surface area contributed by atoms with Gasteiger partial charge >= 0.3 is 0 Å². The van der Waals surface area contributed by atoms with Crippen LogP contribution < -0.4 is 5.32 Å². The number of aromatic nitrogens is 3. The smallest absolute Gasteiger partial charge is 0.163 e. The van der Waals surface area contributed by atoms with E-state index in [0.717, 1.165) is 47.9 Å². The number of benzene rings is 1. The zero-order valence-corrected chi connectivity index (χ0v) is 18.8. The highest BCUT2D eigenvalue weighted by Crippen LogP contribution is 2.29. The predicted octanol–water partition coefficient (Wildman–Crippen LogP) is 5.17. The molecule has 2 fully saturated rings. The fourth-order valence-corrected chi connectivity index (χ4v) is 5.39. The van der Waals surface area contributed by atoms with Crippen LogP contribution in [0.15, 0.2) is 36.4 Å². The molecule has 1 aromatic carbocycles. The molecule has 0 radical (unpaired) electrons. The average molecular weight is 434 g/mol. The molecule has 0 spiro atoms. The van der Waals surface area contributed by atoms with Gasteiger partial charge in [0.2, 0.25) is 0 Å². The van der Waals surface area contributed by atoms with Crippen molar-refractivity contribution < 1.29 is 0 Å². The standard InChI is InChI=1S/C23H29N5S.C2H2/c1-3-7-17(8-4-1)21-26-22(24-18-9-5-2-6-10-18)20-15-19(25-23(20)27-21)16-28-11-13-29-14-12-28;1-2/h1,3-4,7-8,15,18H,2,5-6,9-14,16H2,(H2,24,25,26,27);1-2H. The molecular weight excluding hydrogens is 402 g/mol. The number of terminal acetylenes is 1. The summed E-state index contributed by atoms with van der Waals surface area (Å²) in [6.07, 6.45) is 14.4. The van der Waals surface area contributed by atoms with Gasteiger partial charge in [0.1, 0.15) is 11.5 Å². The van der Waals surface area contributed by atoms with E-state index in [2.05, 4.69) is 58.0 Å². The third-order valence-electron chi connectivity index (χ3n) is 6.02. The van der Waals surface area contributed by atoms with Gasteiger partial charge in [-0.3, -0.25) is 4.90 Å². The molecule has 2 aliphatic rings. The highest BCUT2D eigenvalue weighted by Gasteiger charge is 2.19. The topological polar surface area (TPSA) is 56.8 Å². The molecule has 1 aliphatic heterocycles. The van der Waals surface area contributed by atoms with Gasteiger partial charge in [0.15, 0.2) is 5.82 Å². The number of anilines is 1. The molecule has 5 rings (SSSR count). The van der Waals surface area contributed by atoms with E-state index in [4.69, 9.17) is 9.97 Å². The minimum Gasteiger partial charge on any atom is -0.367 e. The first-order valence-corrected chi connectivity index (χ1v) is 12.4. The molecule has 1 aliphatic carbocycles. The molecule has 0 amide bonds. The first kappa shape index (κ1) is 21.7. The van der Waals surface area contributed by atoms with Gasteiger partial charge in [-0.15, -0.1) is 12.8 Å². The molecule has 0 atom stereocenters. The molecule has 31 heavy (non-hydrogen) atoms. The summed E-state index contributed by atoms with van der Waals surface area (Å²) in [5, 5.41) is 4.88. The Morgan fingerprint density at radius 1 is 1.03 bits per heavy atom. The lowest BCUT2D eigenvalue weighted by molar-refractivity contribution is 0.292. The van der Waals surface area contributed by atoms with Crippen molar-refractivity contribution in [3.63, 3.8) is 0 Å². The van der Waals surface area contributed by atoms with Crippen LogP contribution in [0.4, 0.5) is 5.82 Å². The van der Waals surface area contributed by atoms with Crippen LogP contribution in [0.3, 0.4) is 0 Å². The van der Waals surface area contributed by atoms with Crippen molar-refractivity contribution in [1.29, 1.82) is 0 Å². The summed E-state index contributed by atoms with van der Waals surface area (Å²) in [4.78, 5) is 16.0. The van der Waals surface area contributed by atoms with Crippen molar-refractivity contribution in [3.05, 3.63) is 42.1 Å². The van der Waals surface area contributed by atoms with E-state index in [0.29, 0.717) is 6.04 Å². The second-order valence-electron chi connectivity index (χ2n) is 8.19. The number of thioether (sulfide) groups is 1. The summed E-state index contributed by atoms with van der Waals surface area (Å²) < 4.78 is 0. The highest BCUT2D eigenvalue weighted by molar-refractivity contribution is 7.99. The van der Waals surface area contributed by atoms with Crippen molar-refractivity contribution >= 4 is 28.6 Å². The van der Waals surface area contributed by atoms with Gasteiger partial charge in [-0.1, -0.05) is 49.6 Å². The number of hydrogen-bond acceptors (Lipinski definition) is 5. The highest BCUT2D eigenvalue weighted by atomic mass is 32.2. The molecule has 3 aromatic rings. The molecule has 6 heteroatoms. The van der Waals surface area contributed by atoms with Gasteiger partial charge in [-0.25, -0.2) is 9.97 Å². The zero-order chi connectivity index (χ0) is 21.5. The van der Waals surface area contributed by atoms with Crippen LogP contribution in [0.25, 0.3) is 22.4 Å². The van der Waals surface area contributed by atoms with Crippen molar-refractivity contribution in [1.82, 2.24) is 19.9 Å². The van der Waals surface area contributed by atoms with Gasteiger partial charge < -0.3 is 10.3 Å². The van der Waals surface area contributed by atoms with Gasteiger partial charge in [0.05, 0.1) is 5.39 Å². The molecular formula is C25H31N5S. The van der Waals surface area contributed by atoms with E-state index in [1.165, 1.54) is 49.3 Å². The largest absolute Gasteiger partial charge is 0.367 e. The van der Waals surface area contributed by atoms with E-state index in [1.54, 1.807) is 0 Å². The third-order valence-corrected chi connectivity index (χ3v) is 6.96. The summed E-state index contributed by atoms with van der Waals surface area (Å²) in [5.74, 6) is 4.23. The third kappa shape index (κ3) is 5.41. The van der Waals surface area contributed by atoms with Crippen LogP contribution in [0.1, 0.15) is 37.8 Å². The van der Waals surface area contributed by atoms with Crippen LogP contribution in [-0.2, 0) is 6.54 Å². The Morgan fingerprint density at radius 3 is 2.52 bits per heavy atom. The number of aromatic amines is 1. The maximum Gasteiger partial charge on any atom is 0.163 e. The Labute approximate surface area is 189 Å². The monoisotopic (exact) mass is 433 g/mol.